The van der Waals surface area contributed by atoms with Crippen molar-refractivity contribution >= 4 is 5.91 Å². The smallest absolute Gasteiger partial charge is 0.258 e. The summed E-state index contributed by atoms with van der Waals surface area (Å²) in [7, 11) is 0. The van der Waals surface area contributed by atoms with Crippen LogP contribution in [0.1, 0.15) is 39.5 Å². The molecule has 1 aliphatic rings. The molecule has 1 unspecified atom stereocenters. The second-order valence-corrected chi connectivity index (χ2v) is 4.38. The van der Waals surface area contributed by atoms with Gasteiger partial charge in [-0.1, -0.05) is 13.5 Å². The fourth-order valence-electron chi connectivity index (χ4n) is 1.90. The van der Waals surface area contributed by atoms with Gasteiger partial charge in [-0.05, 0) is 38.2 Å². The predicted molar refractivity (Wildman–Crippen MR) is 60.5 cm³/mol. The fourth-order valence-corrected chi connectivity index (χ4v) is 1.90. The molecule has 0 aromatic rings. The highest BCUT2D eigenvalue weighted by atomic mass is 16.3. The monoisotopic (exact) mass is 211 g/mol. The molecule has 1 N–H and O–H groups in total. The van der Waals surface area contributed by atoms with Crippen LogP contribution in [0.4, 0.5) is 0 Å². The Kier molecular flexibility index (Phi) is 3.91. The first-order chi connectivity index (χ1) is 7.00. The van der Waals surface area contributed by atoms with Crippen LogP contribution in [0.2, 0.25) is 0 Å². The lowest BCUT2D eigenvalue weighted by Crippen LogP contribution is -2.49. The van der Waals surface area contributed by atoms with Gasteiger partial charge in [-0.2, -0.15) is 0 Å². The maximum atomic E-state index is 12.0. The Balaban J connectivity index is 2.69. The molecule has 3 heteroatoms. The molecule has 1 amide bonds. The van der Waals surface area contributed by atoms with Gasteiger partial charge in [0, 0.05) is 13.1 Å². The summed E-state index contributed by atoms with van der Waals surface area (Å²) in [5.74, 6) is -0.186. The van der Waals surface area contributed by atoms with E-state index >= 15 is 0 Å². The molecule has 0 aliphatic carbocycles. The Labute approximate surface area is 91.8 Å². The summed E-state index contributed by atoms with van der Waals surface area (Å²) in [5, 5.41) is 10.1. The van der Waals surface area contributed by atoms with Crippen LogP contribution < -0.4 is 0 Å². The van der Waals surface area contributed by atoms with Crippen molar-refractivity contribution in [1.29, 1.82) is 0 Å². The number of carbonyl (C=O) groups excluding carboxylic acids is 1. The first-order valence-electron chi connectivity index (χ1n) is 5.70. The number of nitrogens with zero attached hydrogens (tertiary/aromatic N) is 1. The summed E-state index contributed by atoms with van der Waals surface area (Å²) >= 11 is 0. The zero-order valence-corrected chi connectivity index (χ0v) is 9.75. The van der Waals surface area contributed by atoms with E-state index in [0.717, 1.165) is 25.9 Å². The minimum Gasteiger partial charge on any atom is -0.376 e. The van der Waals surface area contributed by atoms with E-state index in [0.29, 0.717) is 12.0 Å². The Bertz CT molecular complexity index is 252. The van der Waals surface area contributed by atoms with Crippen molar-refractivity contribution in [2.75, 3.05) is 13.1 Å². The van der Waals surface area contributed by atoms with Crippen LogP contribution in [-0.4, -0.2) is 34.6 Å². The van der Waals surface area contributed by atoms with Gasteiger partial charge in [0.2, 0.25) is 0 Å². The standard InChI is InChI=1S/C12H21NO2/c1-4-10(2)12(3,15)11(14)13-8-6-5-7-9-13/h15H,2,4-9H2,1,3H3. The molecule has 15 heavy (non-hydrogen) atoms. The molecule has 86 valence electrons. The van der Waals surface area contributed by atoms with E-state index in [1.54, 1.807) is 11.8 Å². The first-order valence-corrected chi connectivity index (χ1v) is 5.70. The van der Waals surface area contributed by atoms with Crippen LogP contribution in [0.3, 0.4) is 0 Å². The second kappa shape index (κ2) is 4.79. The SMILES string of the molecule is C=C(CC)C(C)(O)C(=O)N1CCCCC1. The lowest BCUT2D eigenvalue weighted by Gasteiger charge is -2.34. The van der Waals surface area contributed by atoms with Gasteiger partial charge < -0.3 is 10.0 Å². The number of hydrogen-bond acceptors (Lipinski definition) is 2. The fraction of sp³-hybridized carbons (Fsp3) is 0.750. The summed E-state index contributed by atoms with van der Waals surface area (Å²) in [6, 6.07) is 0. The highest BCUT2D eigenvalue weighted by Gasteiger charge is 2.36. The average molecular weight is 211 g/mol. The van der Waals surface area contributed by atoms with Crippen molar-refractivity contribution in [3.05, 3.63) is 12.2 Å². The second-order valence-electron chi connectivity index (χ2n) is 4.38. The summed E-state index contributed by atoms with van der Waals surface area (Å²) in [5.41, 5.74) is -0.787. The van der Waals surface area contributed by atoms with Gasteiger partial charge in [-0.3, -0.25) is 4.79 Å². The molecular weight excluding hydrogens is 190 g/mol. The van der Waals surface area contributed by atoms with E-state index in [1.807, 2.05) is 6.92 Å². The number of hydrogen-bond donors (Lipinski definition) is 1. The third kappa shape index (κ3) is 2.59. The van der Waals surface area contributed by atoms with E-state index in [9.17, 15) is 9.90 Å². The molecule has 3 nitrogen and oxygen atoms in total. The molecule has 1 rings (SSSR count). The van der Waals surface area contributed by atoms with Gasteiger partial charge >= 0.3 is 0 Å². The number of amides is 1. The van der Waals surface area contributed by atoms with Gasteiger partial charge in [0.1, 0.15) is 0 Å². The van der Waals surface area contributed by atoms with E-state index in [2.05, 4.69) is 6.58 Å². The van der Waals surface area contributed by atoms with Crippen molar-refractivity contribution < 1.29 is 9.90 Å². The molecule has 1 saturated heterocycles. The third-order valence-corrected chi connectivity index (χ3v) is 3.17. The molecule has 1 fully saturated rings. The van der Waals surface area contributed by atoms with E-state index in [-0.39, 0.29) is 5.91 Å². The Morgan fingerprint density at radius 2 is 1.93 bits per heavy atom. The lowest BCUT2D eigenvalue weighted by atomic mass is 9.92. The Morgan fingerprint density at radius 1 is 1.40 bits per heavy atom. The lowest BCUT2D eigenvalue weighted by molar-refractivity contribution is -0.147. The highest BCUT2D eigenvalue weighted by molar-refractivity contribution is 5.87. The average Bonchev–Trinajstić information content (AvgIpc) is 2.28. The third-order valence-electron chi connectivity index (χ3n) is 3.17. The largest absolute Gasteiger partial charge is 0.376 e. The zero-order chi connectivity index (χ0) is 11.5. The van der Waals surface area contributed by atoms with Gasteiger partial charge in [0.15, 0.2) is 5.60 Å². The molecule has 1 heterocycles. The zero-order valence-electron chi connectivity index (χ0n) is 9.75. The first kappa shape index (κ1) is 12.2. The number of carbonyl (C=O) groups is 1. The summed E-state index contributed by atoms with van der Waals surface area (Å²) in [6.45, 7) is 8.76. The molecule has 0 radical (unpaired) electrons. The topological polar surface area (TPSA) is 40.5 Å². The van der Waals surface area contributed by atoms with E-state index < -0.39 is 5.60 Å². The normalized spacial score (nSPS) is 20.9. The van der Waals surface area contributed by atoms with E-state index in [1.165, 1.54) is 6.42 Å². The van der Waals surface area contributed by atoms with E-state index in [4.69, 9.17) is 0 Å². The maximum Gasteiger partial charge on any atom is 0.258 e. The molecule has 0 aromatic carbocycles. The van der Waals surface area contributed by atoms with Crippen LogP contribution >= 0.6 is 0 Å². The van der Waals surface area contributed by atoms with Crippen molar-refractivity contribution in [2.45, 2.75) is 45.1 Å². The molecule has 0 spiro atoms. The summed E-state index contributed by atoms with van der Waals surface area (Å²) in [6.07, 6.45) is 3.90. The Morgan fingerprint density at radius 3 is 2.40 bits per heavy atom. The Hall–Kier alpha value is -0.830. The number of aliphatic hydroxyl groups is 1. The molecule has 1 atom stereocenters. The van der Waals surface area contributed by atoms with Crippen molar-refractivity contribution in [1.82, 2.24) is 4.90 Å². The number of likely N-dealkylation sites (tertiary alicyclic amines) is 1. The van der Waals surface area contributed by atoms with Gasteiger partial charge in [0.25, 0.3) is 5.91 Å². The van der Waals surface area contributed by atoms with Crippen LogP contribution in [0.25, 0.3) is 0 Å². The molecule has 0 saturated carbocycles. The van der Waals surface area contributed by atoms with Crippen LogP contribution in [0.15, 0.2) is 12.2 Å². The maximum absolute atomic E-state index is 12.0. The number of rotatable bonds is 3. The van der Waals surface area contributed by atoms with Crippen LogP contribution in [0, 0.1) is 0 Å². The molecular formula is C12H21NO2. The minimum absolute atomic E-state index is 0.186. The molecule has 1 aliphatic heterocycles. The van der Waals surface area contributed by atoms with Gasteiger partial charge in [0.05, 0.1) is 0 Å². The summed E-state index contributed by atoms with van der Waals surface area (Å²) in [4.78, 5) is 13.8. The van der Waals surface area contributed by atoms with Gasteiger partial charge in [-0.15, -0.1) is 0 Å². The quantitative estimate of drug-likeness (QED) is 0.722. The number of piperidine rings is 1. The van der Waals surface area contributed by atoms with Crippen molar-refractivity contribution in [3.8, 4) is 0 Å². The summed E-state index contributed by atoms with van der Waals surface area (Å²) < 4.78 is 0. The highest BCUT2D eigenvalue weighted by Crippen LogP contribution is 2.22. The van der Waals surface area contributed by atoms with Gasteiger partial charge in [-0.25, -0.2) is 0 Å². The predicted octanol–water partition coefficient (Wildman–Crippen LogP) is 1.72. The molecule has 0 aromatic heterocycles. The van der Waals surface area contributed by atoms with Crippen molar-refractivity contribution in [3.63, 3.8) is 0 Å². The molecule has 0 bridgehead atoms. The van der Waals surface area contributed by atoms with Crippen LogP contribution in [-0.2, 0) is 4.79 Å². The van der Waals surface area contributed by atoms with Crippen molar-refractivity contribution in [2.24, 2.45) is 0 Å². The van der Waals surface area contributed by atoms with Crippen LogP contribution in [0.5, 0.6) is 0 Å². The minimum atomic E-state index is -1.38.